The zero-order valence-electron chi connectivity index (χ0n) is 11.4. The summed E-state index contributed by atoms with van der Waals surface area (Å²) in [4.78, 5) is 0. The number of rotatable bonds is 2. The predicted octanol–water partition coefficient (Wildman–Crippen LogP) is 2.51. The molecule has 2 fully saturated rings. The minimum atomic E-state index is -0.331. The summed E-state index contributed by atoms with van der Waals surface area (Å²) in [6.07, 6.45) is 3.42. The van der Waals surface area contributed by atoms with Crippen molar-refractivity contribution in [2.24, 2.45) is 0 Å². The van der Waals surface area contributed by atoms with E-state index in [4.69, 9.17) is 19.9 Å². The van der Waals surface area contributed by atoms with Crippen molar-refractivity contribution in [2.45, 2.75) is 37.4 Å². The zero-order chi connectivity index (χ0) is 14.0. The number of hydrogen-bond donors (Lipinski definition) is 1. The molecule has 0 radical (unpaired) electrons. The third-order valence-electron chi connectivity index (χ3n) is 4.12. The minimum absolute atomic E-state index is 0.0194. The summed E-state index contributed by atoms with van der Waals surface area (Å²) >= 11 is 0. The summed E-state index contributed by atoms with van der Waals surface area (Å²) in [5, 5.41) is 0. The van der Waals surface area contributed by atoms with E-state index in [0.29, 0.717) is 18.0 Å². The summed E-state index contributed by atoms with van der Waals surface area (Å²) < 4.78 is 30.5. The van der Waals surface area contributed by atoms with Gasteiger partial charge in [-0.05, 0) is 25.0 Å². The maximum absolute atomic E-state index is 13.3. The van der Waals surface area contributed by atoms with Crippen molar-refractivity contribution < 1.29 is 18.6 Å². The van der Waals surface area contributed by atoms with Gasteiger partial charge in [-0.1, -0.05) is 0 Å². The highest BCUT2D eigenvalue weighted by Crippen LogP contribution is 2.36. The highest BCUT2D eigenvalue weighted by atomic mass is 19.1. The molecule has 0 aromatic heterocycles. The van der Waals surface area contributed by atoms with E-state index in [1.54, 1.807) is 0 Å². The molecule has 0 amide bonds. The fraction of sp³-hybridized carbons (Fsp3) is 0.600. The van der Waals surface area contributed by atoms with Crippen LogP contribution in [0.25, 0.3) is 0 Å². The molecule has 0 bridgehead atoms. The lowest BCUT2D eigenvalue weighted by molar-refractivity contribution is -0.155. The lowest BCUT2D eigenvalue weighted by atomic mass is 9.85. The summed E-state index contributed by atoms with van der Waals surface area (Å²) in [5.74, 6) is 0.0983. The molecular formula is C15H20FNO3. The largest absolute Gasteiger partial charge is 0.488 e. The lowest BCUT2D eigenvalue weighted by Crippen LogP contribution is -2.47. The van der Waals surface area contributed by atoms with E-state index >= 15 is 0 Å². The smallest absolute Gasteiger partial charge is 0.145 e. The van der Waals surface area contributed by atoms with Crippen molar-refractivity contribution in [3.05, 3.63) is 24.0 Å². The van der Waals surface area contributed by atoms with Gasteiger partial charge in [-0.15, -0.1) is 0 Å². The van der Waals surface area contributed by atoms with Gasteiger partial charge < -0.3 is 19.9 Å². The first-order chi connectivity index (χ1) is 9.67. The average Bonchev–Trinajstić information content (AvgIpc) is 2.44. The number of benzene rings is 1. The Bertz CT molecular complexity index is 469. The van der Waals surface area contributed by atoms with Crippen molar-refractivity contribution in [1.82, 2.24) is 0 Å². The van der Waals surface area contributed by atoms with Crippen LogP contribution >= 0.6 is 0 Å². The van der Waals surface area contributed by atoms with E-state index in [1.165, 1.54) is 18.2 Å². The Labute approximate surface area is 118 Å². The van der Waals surface area contributed by atoms with Crippen molar-refractivity contribution in [3.63, 3.8) is 0 Å². The number of halogens is 1. The summed E-state index contributed by atoms with van der Waals surface area (Å²) in [7, 11) is 0. The van der Waals surface area contributed by atoms with Gasteiger partial charge in [0.05, 0.1) is 17.9 Å². The molecule has 2 heterocycles. The molecule has 20 heavy (non-hydrogen) atoms. The number of anilines is 1. The van der Waals surface area contributed by atoms with E-state index in [1.807, 2.05) is 0 Å². The van der Waals surface area contributed by atoms with Crippen LogP contribution in [0, 0.1) is 5.82 Å². The summed E-state index contributed by atoms with van der Waals surface area (Å²) in [5.41, 5.74) is 6.17. The monoisotopic (exact) mass is 281 g/mol. The first-order valence-electron chi connectivity index (χ1n) is 7.10. The van der Waals surface area contributed by atoms with Gasteiger partial charge in [0.15, 0.2) is 0 Å². The molecule has 1 aromatic carbocycles. The highest BCUT2D eigenvalue weighted by Gasteiger charge is 2.40. The van der Waals surface area contributed by atoms with E-state index < -0.39 is 0 Å². The molecule has 1 atom stereocenters. The second-order valence-corrected chi connectivity index (χ2v) is 5.56. The van der Waals surface area contributed by atoms with Gasteiger partial charge in [-0.3, -0.25) is 0 Å². The second kappa shape index (κ2) is 5.58. The molecule has 0 saturated carbocycles. The third-order valence-corrected chi connectivity index (χ3v) is 4.12. The molecule has 110 valence electrons. The van der Waals surface area contributed by atoms with Crippen LogP contribution in [0.3, 0.4) is 0 Å². The van der Waals surface area contributed by atoms with Crippen molar-refractivity contribution in [3.8, 4) is 5.75 Å². The number of nitrogens with two attached hydrogens (primary N) is 1. The quantitative estimate of drug-likeness (QED) is 0.846. The molecule has 2 N–H and O–H groups in total. The predicted molar refractivity (Wildman–Crippen MR) is 73.2 cm³/mol. The molecule has 1 aromatic rings. The fourth-order valence-electron chi connectivity index (χ4n) is 2.97. The zero-order valence-corrected chi connectivity index (χ0v) is 11.4. The second-order valence-electron chi connectivity index (χ2n) is 5.56. The molecule has 5 heteroatoms. The van der Waals surface area contributed by atoms with Crippen LogP contribution in [0.1, 0.15) is 25.7 Å². The Morgan fingerprint density at radius 2 is 2.05 bits per heavy atom. The molecule has 1 unspecified atom stereocenters. The molecule has 0 aliphatic carbocycles. The molecule has 2 aliphatic rings. The number of hydrogen-bond acceptors (Lipinski definition) is 4. The topological polar surface area (TPSA) is 53.7 Å². The van der Waals surface area contributed by atoms with E-state index in [-0.39, 0.29) is 17.5 Å². The van der Waals surface area contributed by atoms with Crippen LogP contribution in [0.2, 0.25) is 0 Å². The molecular weight excluding hydrogens is 261 g/mol. The van der Waals surface area contributed by atoms with E-state index in [2.05, 4.69) is 0 Å². The van der Waals surface area contributed by atoms with Crippen molar-refractivity contribution in [2.75, 3.05) is 25.6 Å². The summed E-state index contributed by atoms with van der Waals surface area (Å²) in [6, 6.07) is 4.22. The van der Waals surface area contributed by atoms with Gasteiger partial charge in [0.25, 0.3) is 0 Å². The van der Waals surface area contributed by atoms with Crippen molar-refractivity contribution in [1.29, 1.82) is 0 Å². The van der Waals surface area contributed by atoms with E-state index in [9.17, 15) is 4.39 Å². The molecule has 4 nitrogen and oxygen atoms in total. The van der Waals surface area contributed by atoms with Gasteiger partial charge in [-0.2, -0.15) is 0 Å². The molecule has 2 aliphatic heterocycles. The molecule has 1 spiro atoms. The van der Waals surface area contributed by atoms with Crippen LogP contribution in [0.4, 0.5) is 10.1 Å². The average molecular weight is 281 g/mol. The van der Waals surface area contributed by atoms with Crippen LogP contribution < -0.4 is 10.5 Å². The van der Waals surface area contributed by atoms with Gasteiger partial charge in [0, 0.05) is 32.1 Å². The normalized spacial score (nSPS) is 25.6. The molecule has 2 saturated heterocycles. The van der Waals surface area contributed by atoms with Crippen LogP contribution in [-0.4, -0.2) is 31.5 Å². The van der Waals surface area contributed by atoms with Crippen LogP contribution in [0.5, 0.6) is 5.75 Å². The van der Waals surface area contributed by atoms with Gasteiger partial charge >= 0.3 is 0 Å². The van der Waals surface area contributed by atoms with Crippen LogP contribution in [0.15, 0.2) is 18.2 Å². The fourth-order valence-corrected chi connectivity index (χ4v) is 2.97. The Morgan fingerprint density at radius 3 is 2.85 bits per heavy atom. The number of ether oxygens (including phenoxy) is 3. The molecule has 3 rings (SSSR count). The Morgan fingerprint density at radius 1 is 1.25 bits per heavy atom. The Hall–Kier alpha value is -1.33. The van der Waals surface area contributed by atoms with Crippen molar-refractivity contribution >= 4 is 5.69 Å². The Balaban J connectivity index is 1.69. The van der Waals surface area contributed by atoms with Crippen LogP contribution in [-0.2, 0) is 9.47 Å². The third kappa shape index (κ3) is 2.88. The maximum atomic E-state index is 13.3. The maximum Gasteiger partial charge on any atom is 0.145 e. The number of nitrogen functional groups attached to an aromatic ring is 1. The first kappa shape index (κ1) is 13.6. The van der Waals surface area contributed by atoms with Gasteiger partial charge in [0.2, 0.25) is 0 Å². The van der Waals surface area contributed by atoms with Gasteiger partial charge in [0.1, 0.15) is 17.7 Å². The minimum Gasteiger partial charge on any atom is -0.488 e. The van der Waals surface area contributed by atoms with E-state index in [0.717, 1.165) is 38.9 Å². The van der Waals surface area contributed by atoms with Gasteiger partial charge in [-0.25, -0.2) is 4.39 Å². The highest BCUT2D eigenvalue weighted by molar-refractivity contribution is 5.52. The SMILES string of the molecule is Nc1ccc(F)cc1OC1CCOC2(CCOCC2)C1. The Kier molecular flexibility index (Phi) is 3.81. The standard InChI is InChI=1S/C15H20FNO3/c16-11-1-2-13(17)14(9-11)20-12-3-6-19-15(10-12)4-7-18-8-5-15/h1-2,9,12H,3-8,10,17H2. The first-order valence-corrected chi connectivity index (χ1v) is 7.10. The lowest BCUT2D eigenvalue weighted by Gasteiger charge is -2.43. The summed E-state index contributed by atoms with van der Waals surface area (Å²) in [6.45, 7) is 2.13.